The molecule has 0 heterocycles. The summed E-state index contributed by atoms with van der Waals surface area (Å²) < 4.78 is 0. The van der Waals surface area contributed by atoms with Crippen LogP contribution < -0.4 is 0 Å². The number of aliphatic hydroxyl groups is 2. The lowest BCUT2D eigenvalue weighted by Gasteiger charge is -2.35. The molecule has 5 nitrogen and oxygen atoms in total. The van der Waals surface area contributed by atoms with Crippen LogP contribution in [0.1, 0.15) is 37.2 Å². The van der Waals surface area contributed by atoms with Gasteiger partial charge in [0.15, 0.2) is 0 Å². The number of aliphatic hydroxyl groups excluding tert-OH is 2. The molecule has 0 aliphatic heterocycles. The van der Waals surface area contributed by atoms with Gasteiger partial charge in [0.05, 0.1) is 22.7 Å². The van der Waals surface area contributed by atoms with Crippen molar-refractivity contribution in [2.24, 2.45) is 5.41 Å². The Morgan fingerprint density at radius 1 is 0.955 bits per heavy atom. The average molecular weight is 301 g/mol. The molecule has 0 bridgehead atoms. The number of hydrogen-bond donors (Lipinski definition) is 2. The molecular formula is C17H19NO4. The highest BCUT2D eigenvalue weighted by atomic mass is 16.6. The number of nitro groups is 1. The minimum Gasteiger partial charge on any atom is -0.388 e. The molecule has 2 unspecified atom stereocenters. The van der Waals surface area contributed by atoms with E-state index in [2.05, 4.69) is 0 Å². The lowest BCUT2D eigenvalue weighted by atomic mass is 9.75. The maximum atomic E-state index is 11.1. The third kappa shape index (κ3) is 3.00. The molecule has 2 N–H and O–H groups in total. The SMILES string of the molecule is CC(C)(C(O)c1ccccc1)C(O)c1ccccc1[N+](=O)[O-]. The Hall–Kier alpha value is -2.24. The van der Waals surface area contributed by atoms with E-state index in [1.807, 2.05) is 6.07 Å². The molecule has 2 aromatic rings. The largest absolute Gasteiger partial charge is 0.388 e. The Kier molecular flexibility index (Phi) is 4.59. The molecular weight excluding hydrogens is 282 g/mol. The zero-order chi connectivity index (χ0) is 16.3. The van der Waals surface area contributed by atoms with Gasteiger partial charge in [-0.3, -0.25) is 10.1 Å². The topological polar surface area (TPSA) is 83.6 Å². The van der Waals surface area contributed by atoms with E-state index in [0.717, 1.165) is 0 Å². The number of para-hydroxylation sites is 1. The lowest BCUT2D eigenvalue weighted by molar-refractivity contribution is -0.386. The third-order valence-corrected chi connectivity index (χ3v) is 3.95. The lowest BCUT2D eigenvalue weighted by Crippen LogP contribution is -2.30. The molecule has 22 heavy (non-hydrogen) atoms. The van der Waals surface area contributed by atoms with Gasteiger partial charge in [-0.05, 0) is 11.6 Å². The summed E-state index contributed by atoms with van der Waals surface area (Å²) in [6.45, 7) is 3.37. The van der Waals surface area contributed by atoms with Crippen LogP contribution in [-0.2, 0) is 0 Å². The molecule has 0 amide bonds. The van der Waals surface area contributed by atoms with Crippen LogP contribution in [0.25, 0.3) is 0 Å². The minimum atomic E-state index is -1.18. The normalized spacial score (nSPS) is 14.4. The summed E-state index contributed by atoms with van der Waals surface area (Å²) in [6, 6.07) is 15.0. The fraction of sp³-hybridized carbons (Fsp3) is 0.294. The summed E-state index contributed by atoms with van der Waals surface area (Å²) in [5.41, 5.74) is -0.283. The predicted molar refractivity (Wildman–Crippen MR) is 83.2 cm³/mol. The highest BCUT2D eigenvalue weighted by molar-refractivity contribution is 5.42. The smallest absolute Gasteiger partial charge is 0.275 e. The van der Waals surface area contributed by atoms with Gasteiger partial charge in [0, 0.05) is 11.5 Å². The van der Waals surface area contributed by atoms with E-state index in [1.165, 1.54) is 12.1 Å². The van der Waals surface area contributed by atoms with Gasteiger partial charge < -0.3 is 10.2 Å². The van der Waals surface area contributed by atoms with Gasteiger partial charge in [0.25, 0.3) is 5.69 Å². The van der Waals surface area contributed by atoms with Gasteiger partial charge in [-0.25, -0.2) is 0 Å². The summed E-state index contributed by atoms with van der Waals surface area (Å²) in [5, 5.41) is 32.3. The molecule has 0 saturated heterocycles. The van der Waals surface area contributed by atoms with Crippen LogP contribution in [0.2, 0.25) is 0 Å². The number of nitro benzene ring substituents is 1. The molecule has 2 atom stereocenters. The summed E-state index contributed by atoms with van der Waals surface area (Å²) in [5.74, 6) is 0. The van der Waals surface area contributed by atoms with E-state index in [1.54, 1.807) is 50.2 Å². The van der Waals surface area contributed by atoms with Gasteiger partial charge in [0.2, 0.25) is 0 Å². The summed E-state index contributed by atoms with van der Waals surface area (Å²) in [4.78, 5) is 10.6. The quantitative estimate of drug-likeness (QED) is 0.655. The zero-order valence-corrected chi connectivity index (χ0v) is 12.5. The highest BCUT2D eigenvalue weighted by Gasteiger charge is 2.39. The highest BCUT2D eigenvalue weighted by Crippen LogP contribution is 2.45. The van der Waals surface area contributed by atoms with Gasteiger partial charge in [0.1, 0.15) is 0 Å². The van der Waals surface area contributed by atoms with E-state index in [9.17, 15) is 20.3 Å². The van der Waals surface area contributed by atoms with Crippen molar-refractivity contribution in [3.05, 3.63) is 75.8 Å². The zero-order valence-electron chi connectivity index (χ0n) is 12.5. The van der Waals surface area contributed by atoms with Crippen LogP contribution >= 0.6 is 0 Å². The van der Waals surface area contributed by atoms with Gasteiger partial charge >= 0.3 is 0 Å². The van der Waals surface area contributed by atoms with Crippen molar-refractivity contribution in [1.29, 1.82) is 0 Å². The molecule has 2 rings (SSSR count). The molecule has 0 fully saturated rings. The standard InChI is InChI=1S/C17H19NO4/c1-17(2,15(19)12-8-4-3-5-9-12)16(20)13-10-6-7-11-14(13)18(21)22/h3-11,15-16,19-20H,1-2H3. The van der Waals surface area contributed by atoms with Crippen LogP contribution in [0.5, 0.6) is 0 Å². The molecule has 0 saturated carbocycles. The van der Waals surface area contributed by atoms with E-state index >= 15 is 0 Å². The first-order chi connectivity index (χ1) is 10.4. The van der Waals surface area contributed by atoms with Crippen molar-refractivity contribution in [1.82, 2.24) is 0 Å². The van der Waals surface area contributed by atoms with Crippen LogP contribution in [-0.4, -0.2) is 15.1 Å². The van der Waals surface area contributed by atoms with Gasteiger partial charge in [-0.1, -0.05) is 56.3 Å². The maximum Gasteiger partial charge on any atom is 0.275 e. The molecule has 0 spiro atoms. The average Bonchev–Trinajstić information content (AvgIpc) is 2.54. The van der Waals surface area contributed by atoms with Crippen molar-refractivity contribution in [2.45, 2.75) is 26.1 Å². The Bertz CT molecular complexity index is 655. The number of nitrogens with zero attached hydrogens (tertiary/aromatic N) is 1. The molecule has 0 aliphatic rings. The monoisotopic (exact) mass is 301 g/mol. The van der Waals surface area contributed by atoms with Crippen LogP contribution in [0.15, 0.2) is 54.6 Å². The third-order valence-electron chi connectivity index (χ3n) is 3.95. The van der Waals surface area contributed by atoms with Gasteiger partial charge in [-0.15, -0.1) is 0 Å². The van der Waals surface area contributed by atoms with Gasteiger partial charge in [-0.2, -0.15) is 0 Å². The summed E-state index contributed by atoms with van der Waals surface area (Å²) >= 11 is 0. The van der Waals surface area contributed by atoms with Crippen LogP contribution in [0, 0.1) is 15.5 Å². The first kappa shape index (κ1) is 16.1. The van der Waals surface area contributed by atoms with Crippen molar-refractivity contribution in [3.8, 4) is 0 Å². The fourth-order valence-electron chi connectivity index (χ4n) is 2.50. The van der Waals surface area contributed by atoms with E-state index in [-0.39, 0.29) is 11.3 Å². The Labute approximate surface area is 129 Å². The Morgan fingerprint density at radius 3 is 2.09 bits per heavy atom. The Balaban J connectivity index is 2.39. The number of hydrogen-bond acceptors (Lipinski definition) is 4. The fourth-order valence-corrected chi connectivity index (χ4v) is 2.50. The molecule has 0 radical (unpaired) electrons. The number of rotatable bonds is 5. The van der Waals surface area contributed by atoms with Crippen molar-refractivity contribution < 1.29 is 15.1 Å². The first-order valence-corrected chi connectivity index (χ1v) is 7.00. The van der Waals surface area contributed by atoms with Crippen molar-refractivity contribution >= 4 is 5.69 Å². The van der Waals surface area contributed by atoms with Crippen molar-refractivity contribution in [2.75, 3.05) is 0 Å². The predicted octanol–water partition coefficient (Wildman–Crippen LogP) is 3.39. The summed E-state index contributed by atoms with van der Waals surface area (Å²) in [7, 11) is 0. The molecule has 5 heteroatoms. The second kappa shape index (κ2) is 6.25. The minimum absolute atomic E-state index is 0.150. The molecule has 2 aromatic carbocycles. The second-order valence-corrected chi connectivity index (χ2v) is 5.85. The van der Waals surface area contributed by atoms with Crippen molar-refractivity contribution in [3.63, 3.8) is 0 Å². The Morgan fingerprint density at radius 2 is 1.50 bits per heavy atom. The second-order valence-electron chi connectivity index (χ2n) is 5.85. The summed E-state index contributed by atoms with van der Waals surface area (Å²) in [6.07, 6.45) is -2.13. The molecule has 0 aromatic heterocycles. The van der Waals surface area contributed by atoms with Crippen LogP contribution in [0.4, 0.5) is 5.69 Å². The number of benzene rings is 2. The maximum absolute atomic E-state index is 11.1. The van der Waals surface area contributed by atoms with E-state index < -0.39 is 22.5 Å². The van der Waals surface area contributed by atoms with E-state index in [4.69, 9.17) is 0 Å². The molecule has 0 aliphatic carbocycles. The van der Waals surface area contributed by atoms with E-state index in [0.29, 0.717) is 5.56 Å². The van der Waals surface area contributed by atoms with Crippen LogP contribution in [0.3, 0.4) is 0 Å². The molecule has 116 valence electrons. The first-order valence-electron chi connectivity index (χ1n) is 7.00.